The first-order valence-corrected chi connectivity index (χ1v) is 9.41. The molecule has 2 aliphatic heterocycles. The van der Waals surface area contributed by atoms with Crippen LogP contribution < -0.4 is 20.1 Å². The zero-order valence-electron chi connectivity index (χ0n) is 16.4. The Morgan fingerprint density at radius 3 is 2.82 bits per heavy atom. The van der Waals surface area contributed by atoms with Crippen LogP contribution in [0.25, 0.3) is 0 Å². The van der Waals surface area contributed by atoms with Gasteiger partial charge in [0.05, 0.1) is 31.4 Å². The van der Waals surface area contributed by atoms with Crippen molar-refractivity contribution >= 4 is 12.0 Å². The van der Waals surface area contributed by atoms with E-state index in [9.17, 15) is 9.59 Å². The van der Waals surface area contributed by atoms with Crippen LogP contribution in [0.4, 0.5) is 4.79 Å². The molecular formula is C20H26N2O6. The molecular weight excluding hydrogens is 364 g/mol. The number of nitrogens with one attached hydrogen (secondary N) is 2. The van der Waals surface area contributed by atoms with Crippen LogP contribution in [0, 0.1) is 0 Å². The van der Waals surface area contributed by atoms with Crippen LogP contribution in [0.5, 0.6) is 11.5 Å². The van der Waals surface area contributed by atoms with Crippen molar-refractivity contribution in [1.29, 1.82) is 0 Å². The van der Waals surface area contributed by atoms with Crippen molar-refractivity contribution in [1.82, 2.24) is 10.6 Å². The Morgan fingerprint density at radius 2 is 2.14 bits per heavy atom. The van der Waals surface area contributed by atoms with E-state index in [1.54, 1.807) is 32.2 Å². The van der Waals surface area contributed by atoms with E-state index < -0.39 is 12.0 Å². The van der Waals surface area contributed by atoms with E-state index >= 15 is 0 Å². The summed E-state index contributed by atoms with van der Waals surface area (Å²) in [4.78, 5) is 24.8. The lowest BCUT2D eigenvalue weighted by Gasteiger charge is -2.28. The number of ether oxygens (including phenoxy) is 4. The summed E-state index contributed by atoms with van der Waals surface area (Å²) in [6.45, 7) is 4.95. The topological polar surface area (TPSA) is 95.1 Å². The highest BCUT2D eigenvalue weighted by Crippen LogP contribution is 2.34. The highest BCUT2D eigenvalue weighted by Gasteiger charge is 2.33. The summed E-state index contributed by atoms with van der Waals surface area (Å²) < 4.78 is 21.9. The van der Waals surface area contributed by atoms with Gasteiger partial charge in [0, 0.05) is 12.3 Å². The van der Waals surface area contributed by atoms with Gasteiger partial charge in [0.15, 0.2) is 11.5 Å². The number of amides is 2. The first kappa shape index (κ1) is 20.0. The number of hydrogen-bond donors (Lipinski definition) is 2. The second-order valence-electron chi connectivity index (χ2n) is 6.65. The maximum Gasteiger partial charge on any atom is 0.338 e. The lowest BCUT2D eigenvalue weighted by Crippen LogP contribution is -2.45. The molecule has 8 heteroatoms. The van der Waals surface area contributed by atoms with Gasteiger partial charge < -0.3 is 29.6 Å². The average molecular weight is 390 g/mol. The molecule has 0 radical (unpaired) electrons. The molecule has 2 heterocycles. The SMILES string of the molecule is CCOc1ccc([C@H]2NC(=O)NC(C)=C2C(=O)OC[C@H]2CCCO2)cc1OC. The van der Waals surface area contributed by atoms with Gasteiger partial charge in [-0.1, -0.05) is 6.07 Å². The molecule has 1 saturated heterocycles. The highest BCUT2D eigenvalue weighted by molar-refractivity contribution is 5.95. The third-order valence-corrected chi connectivity index (χ3v) is 4.73. The first-order chi connectivity index (χ1) is 13.5. The molecule has 8 nitrogen and oxygen atoms in total. The zero-order valence-corrected chi connectivity index (χ0v) is 16.4. The molecule has 0 aliphatic carbocycles. The number of urea groups is 1. The number of carbonyl (C=O) groups excluding carboxylic acids is 2. The lowest BCUT2D eigenvalue weighted by atomic mass is 9.95. The van der Waals surface area contributed by atoms with Crippen molar-refractivity contribution in [2.24, 2.45) is 0 Å². The predicted octanol–water partition coefficient (Wildman–Crippen LogP) is 2.44. The number of benzene rings is 1. The fourth-order valence-corrected chi connectivity index (χ4v) is 3.38. The lowest BCUT2D eigenvalue weighted by molar-refractivity contribution is -0.142. The molecule has 28 heavy (non-hydrogen) atoms. The van der Waals surface area contributed by atoms with Crippen molar-refractivity contribution in [3.8, 4) is 11.5 Å². The predicted molar refractivity (Wildman–Crippen MR) is 101 cm³/mol. The summed E-state index contributed by atoms with van der Waals surface area (Å²) in [5.74, 6) is 0.632. The molecule has 0 bridgehead atoms. The van der Waals surface area contributed by atoms with Crippen molar-refractivity contribution in [2.75, 3.05) is 26.9 Å². The fourth-order valence-electron chi connectivity index (χ4n) is 3.38. The van der Waals surface area contributed by atoms with Gasteiger partial charge in [-0.25, -0.2) is 9.59 Å². The molecule has 2 amide bonds. The smallest absolute Gasteiger partial charge is 0.338 e. The molecule has 3 rings (SSSR count). The van der Waals surface area contributed by atoms with Crippen LogP contribution in [0.3, 0.4) is 0 Å². The number of allylic oxidation sites excluding steroid dienone is 1. The summed E-state index contributed by atoms with van der Waals surface area (Å²) in [6, 6.07) is 4.27. The van der Waals surface area contributed by atoms with Crippen molar-refractivity contribution < 1.29 is 28.5 Å². The Hall–Kier alpha value is -2.74. The minimum atomic E-state index is -0.657. The third-order valence-electron chi connectivity index (χ3n) is 4.73. The molecule has 2 aliphatic rings. The Kier molecular flexibility index (Phi) is 6.41. The monoisotopic (exact) mass is 390 g/mol. The van der Waals surface area contributed by atoms with Gasteiger partial charge in [0.2, 0.25) is 0 Å². The van der Waals surface area contributed by atoms with E-state index in [-0.39, 0.29) is 18.7 Å². The molecule has 1 aromatic carbocycles. The minimum Gasteiger partial charge on any atom is -0.493 e. The molecule has 0 spiro atoms. The number of esters is 1. The van der Waals surface area contributed by atoms with Gasteiger partial charge in [-0.2, -0.15) is 0 Å². The number of methoxy groups -OCH3 is 1. The maximum atomic E-state index is 12.8. The molecule has 2 N–H and O–H groups in total. The van der Waals surface area contributed by atoms with E-state index in [1.807, 2.05) is 6.92 Å². The zero-order chi connectivity index (χ0) is 20.1. The average Bonchev–Trinajstić information content (AvgIpc) is 3.19. The molecule has 1 fully saturated rings. The van der Waals surface area contributed by atoms with Crippen LogP contribution in [-0.4, -0.2) is 45.0 Å². The Balaban J connectivity index is 1.85. The number of carbonyl (C=O) groups is 2. The second-order valence-corrected chi connectivity index (χ2v) is 6.65. The minimum absolute atomic E-state index is 0.0694. The first-order valence-electron chi connectivity index (χ1n) is 9.41. The van der Waals surface area contributed by atoms with Gasteiger partial charge in [0.1, 0.15) is 6.61 Å². The summed E-state index contributed by atoms with van der Waals surface area (Å²) in [5, 5.41) is 5.43. The van der Waals surface area contributed by atoms with E-state index in [0.717, 1.165) is 12.8 Å². The van der Waals surface area contributed by atoms with Gasteiger partial charge in [-0.3, -0.25) is 0 Å². The van der Waals surface area contributed by atoms with E-state index in [1.165, 1.54) is 0 Å². The van der Waals surface area contributed by atoms with Gasteiger partial charge in [-0.15, -0.1) is 0 Å². The van der Waals surface area contributed by atoms with Gasteiger partial charge in [-0.05, 0) is 44.4 Å². The van der Waals surface area contributed by atoms with Gasteiger partial charge in [0.25, 0.3) is 0 Å². The molecule has 0 unspecified atom stereocenters. The quantitative estimate of drug-likeness (QED) is 0.695. The van der Waals surface area contributed by atoms with E-state index in [2.05, 4.69) is 10.6 Å². The molecule has 152 valence electrons. The van der Waals surface area contributed by atoms with Crippen LogP contribution in [0.1, 0.15) is 38.3 Å². The summed E-state index contributed by atoms with van der Waals surface area (Å²) >= 11 is 0. The van der Waals surface area contributed by atoms with E-state index in [0.29, 0.717) is 41.5 Å². The van der Waals surface area contributed by atoms with Gasteiger partial charge >= 0.3 is 12.0 Å². The van der Waals surface area contributed by atoms with E-state index in [4.69, 9.17) is 18.9 Å². The number of hydrogen-bond acceptors (Lipinski definition) is 6. The second kappa shape index (κ2) is 8.97. The molecule has 0 aromatic heterocycles. The van der Waals surface area contributed by atoms with Crippen LogP contribution >= 0.6 is 0 Å². The normalized spacial score (nSPS) is 21.8. The summed E-state index contributed by atoms with van der Waals surface area (Å²) in [5.41, 5.74) is 1.50. The Bertz CT molecular complexity index is 770. The largest absolute Gasteiger partial charge is 0.493 e. The highest BCUT2D eigenvalue weighted by atomic mass is 16.6. The van der Waals surface area contributed by atoms with Crippen LogP contribution in [0.15, 0.2) is 29.5 Å². The third kappa shape index (κ3) is 4.39. The summed E-state index contributed by atoms with van der Waals surface area (Å²) in [6.07, 6.45) is 1.77. The fraction of sp³-hybridized carbons (Fsp3) is 0.500. The number of rotatable bonds is 7. The van der Waals surface area contributed by atoms with Crippen molar-refractivity contribution in [3.63, 3.8) is 0 Å². The van der Waals surface area contributed by atoms with Crippen molar-refractivity contribution in [3.05, 3.63) is 35.0 Å². The Morgan fingerprint density at radius 1 is 1.32 bits per heavy atom. The molecule has 0 saturated carbocycles. The van der Waals surface area contributed by atoms with Crippen LogP contribution in [-0.2, 0) is 14.3 Å². The Labute approximate surface area is 164 Å². The molecule has 2 atom stereocenters. The molecule has 1 aromatic rings. The van der Waals surface area contributed by atoms with Crippen LogP contribution in [0.2, 0.25) is 0 Å². The summed E-state index contributed by atoms with van der Waals surface area (Å²) in [7, 11) is 1.54. The standard InChI is InChI=1S/C20H26N2O6/c1-4-26-15-8-7-13(10-16(15)25-3)18-17(12(2)21-20(24)22-18)19(23)28-11-14-6-5-9-27-14/h7-8,10,14,18H,4-6,9,11H2,1-3H3,(H2,21,22,24)/t14-,18-/m1/s1. The van der Waals surface area contributed by atoms with Crippen molar-refractivity contribution in [2.45, 2.75) is 38.8 Å². The maximum absolute atomic E-state index is 12.8.